The first-order valence-electron chi connectivity index (χ1n) is 7.47. The van der Waals surface area contributed by atoms with E-state index in [4.69, 9.17) is 5.73 Å². The summed E-state index contributed by atoms with van der Waals surface area (Å²) >= 11 is 1.54. The number of nitrogen functional groups attached to an aromatic ring is 1. The van der Waals surface area contributed by atoms with Crippen LogP contribution in [-0.2, 0) is 10.0 Å². The highest BCUT2D eigenvalue weighted by Gasteiger charge is 2.26. The van der Waals surface area contributed by atoms with E-state index >= 15 is 0 Å². The predicted molar refractivity (Wildman–Crippen MR) is 90.0 cm³/mol. The summed E-state index contributed by atoms with van der Waals surface area (Å²) in [5, 5.41) is 0. The highest BCUT2D eigenvalue weighted by Crippen LogP contribution is 2.24. The molecule has 1 saturated heterocycles. The molecule has 1 aromatic rings. The fraction of sp³-hybridized carbons (Fsp3) is 0.600. The Balaban J connectivity index is 1.82. The largest absolute Gasteiger partial charge is 0.399 e. The fourth-order valence-electron chi connectivity index (χ4n) is 2.59. The summed E-state index contributed by atoms with van der Waals surface area (Å²) in [6.45, 7) is 3.55. The van der Waals surface area contributed by atoms with Crippen LogP contribution < -0.4 is 5.73 Å². The lowest BCUT2D eigenvalue weighted by molar-refractivity contribution is 0.269. The van der Waals surface area contributed by atoms with Gasteiger partial charge in [-0.25, -0.2) is 12.7 Å². The third-order valence-electron chi connectivity index (χ3n) is 4.01. The molecule has 2 N–H and O–H groups in total. The van der Waals surface area contributed by atoms with Crippen molar-refractivity contribution in [3.63, 3.8) is 0 Å². The van der Waals surface area contributed by atoms with Crippen LogP contribution in [0.1, 0.15) is 26.2 Å². The van der Waals surface area contributed by atoms with Crippen molar-refractivity contribution in [2.24, 2.45) is 5.92 Å². The second-order valence-corrected chi connectivity index (χ2v) is 8.74. The first kappa shape index (κ1) is 16.6. The van der Waals surface area contributed by atoms with Gasteiger partial charge in [-0.1, -0.05) is 19.4 Å². The Morgan fingerprint density at radius 1 is 1.33 bits per heavy atom. The number of hydrogen-bond acceptors (Lipinski definition) is 4. The minimum absolute atomic E-state index is 0.198. The van der Waals surface area contributed by atoms with Gasteiger partial charge in [0, 0.05) is 29.4 Å². The molecule has 0 aliphatic carbocycles. The average molecular weight is 329 g/mol. The second kappa shape index (κ2) is 7.51. The van der Waals surface area contributed by atoms with Crippen LogP contribution >= 0.6 is 11.8 Å². The third kappa shape index (κ3) is 4.90. The lowest BCUT2D eigenvalue weighted by Crippen LogP contribution is -2.40. The van der Waals surface area contributed by atoms with Gasteiger partial charge >= 0.3 is 0 Å². The number of hydrogen-bond donors (Lipinski definition) is 1. The molecule has 2 rings (SSSR count). The van der Waals surface area contributed by atoms with Crippen molar-refractivity contribution in [2.45, 2.75) is 31.1 Å². The minimum Gasteiger partial charge on any atom is -0.399 e. The van der Waals surface area contributed by atoms with Gasteiger partial charge in [-0.2, -0.15) is 0 Å². The molecule has 6 heteroatoms. The van der Waals surface area contributed by atoms with Crippen LogP contribution in [-0.4, -0.2) is 37.3 Å². The summed E-state index contributed by atoms with van der Waals surface area (Å²) in [6, 6.07) is 7.56. The predicted octanol–water partition coefficient (Wildman–Crippen LogP) is 2.81. The molecule has 1 aliphatic heterocycles. The van der Waals surface area contributed by atoms with E-state index in [1.165, 1.54) is 0 Å². The maximum Gasteiger partial charge on any atom is 0.214 e. The zero-order valence-corrected chi connectivity index (χ0v) is 14.1. The van der Waals surface area contributed by atoms with Gasteiger partial charge in [0.15, 0.2) is 0 Å². The molecule has 0 saturated carbocycles. The molecular weight excluding hydrogens is 304 g/mol. The number of rotatable bonds is 6. The van der Waals surface area contributed by atoms with Crippen LogP contribution in [0.5, 0.6) is 0 Å². The number of sulfonamides is 1. The van der Waals surface area contributed by atoms with Crippen molar-refractivity contribution in [3.8, 4) is 0 Å². The minimum atomic E-state index is -3.11. The summed E-state index contributed by atoms with van der Waals surface area (Å²) in [7, 11) is -3.11. The van der Waals surface area contributed by atoms with Crippen molar-refractivity contribution < 1.29 is 8.42 Å². The first-order chi connectivity index (χ1) is 10.0. The van der Waals surface area contributed by atoms with Gasteiger partial charge in [-0.05, 0) is 37.0 Å². The molecule has 1 aromatic carbocycles. The molecule has 0 atom stereocenters. The van der Waals surface area contributed by atoms with E-state index in [-0.39, 0.29) is 5.75 Å². The Morgan fingerprint density at radius 3 is 2.67 bits per heavy atom. The normalized spacial score (nSPS) is 18.0. The van der Waals surface area contributed by atoms with Crippen LogP contribution in [0.3, 0.4) is 0 Å². The molecule has 0 aromatic heterocycles. The maximum absolute atomic E-state index is 12.3. The van der Waals surface area contributed by atoms with E-state index in [9.17, 15) is 8.42 Å². The van der Waals surface area contributed by atoms with Gasteiger partial charge in [0.2, 0.25) is 10.0 Å². The quantitative estimate of drug-likeness (QED) is 0.644. The zero-order valence-electron chi connectivity index (χ0n) is 12.5. The average Bonchev–Trinajstić information content (AvgIpc) is 2.47. The molecule has 21 heavy (non-hydrogen) atoms. The van der Waals surface area contributed by atoms with Gasteiger partial charge in [0.1, 0.15) is 0 Å². The topological polar surface area (TPSA) is 63.4 Å². The van der Waals surface area contributed by atoms with Gasteiger partial charge < -0.3 is 5.73 Å². The summed E-state index contributed by atoms with van der Waals surface area (Å²) in [5.74, 6) is 1.46. The highest BCUT2D eigenvalue weighted by atomic mass is 32.2. The molecule has 118 valence electrons. The number of thioether (sulfide) groups is 1. The first-order valence-corrected chi connectivity index (χ1v) is 10.1. The SMILES string of the molecule is CCC1CCN(S(=O)(=O)CCSc2cccc(N)c2)CC1. The Bertz CT molecular complexity index is 553. The number of anilines is 1. The van der Waals surface area contributed by atoms with E-state index < -0.39 is 10.0 Å². The van der Waals surface area contributed by atoms with E-state index in [1.807, 2.05) is 24.3 Å². The fourth-order valence-corrected chi connectivity index (χ4v) is 5.43. The van der Waals surface area contributed by atoms with Gasteiger partial charge in [-0.3, -0.25) is 0 Å². The van der Waals surface area contributed by atoms with Crippen LogP contribution in [0.15, 0.2) is 29.2 Å². The molecule has 0 spiro atoms. The zero-order chi connectivity index (χ0) is 15.3. The Kier molecular flexibility index (Phi) is 5.96. The Morgan fingerprint density at radius 2 is 2.05 bits per heavy atom. The molecule has 4 nitrogen and oxygen atoms in total. The van der Waals surface area contributed by atoms with Crippen molar-refractivity contribution in [1.29, 1.82) is 0 Å². The standard InChI is InChI=1S/C15H24N2O2S2/c1-2-13-6-8-17(9-7-13)21(18,19)11-10-20-15-5-3-4-14(16)12-15/h3-5,12-13H,2,6-11,16H2,1H3. The van der Waals surface area contributed by atoms with Gasteiger partial charge in [0.25, 0.3) is 0 Å². The van der Waals surface area contributed by atoms with Crippen LogP contribution in [0.25, 0.3) is 0 Å². The lowest BCUT2D eigenvalue weighted by Gasteiger charge is -2.30. The number of nitrogens with zero attached hydrogens (tertiary/aromatic N) is 1. The Labute approximate surface area is 132 Å². The number of nitrogens with two attached hydrogens (primary N) is 1. The highest BCUT2D eigenvalue weighted by molar-refractivity contribution is 8.00. The molecule has 1 aliphatic rings. The smallest absolute Gasteiger partial charge is 0.214 e. The monoisotopic (exact) mass is 328 g/mol. The van der Waals surface area contributed by atoms with E-state index in [2.05, 4.69) is 6.92 Å². The third-order valence-corrected chi connectivity index (χ3v) is 7.14. The molecule has 0 unspecified atom stereocenters. The van der Waals surface area contributed by atoms with Crippen molar-refractivity contribution in [2.75, 3.05) is 30.3 Å². The molecular formula is C15H24N2O2S2. The van der Waals surface area contributed by atoms with Crippen molar-refractivity contribution >= 4 is 27.5 Å². The molecule has 0 radical (unpaired) electrons. The summed E-state index contributed by atoms with van der Waals surface area (Å²) in [4.78, 5) is 1.02. The van der Waals surface area contributed by atoms with Crippen LogP contribution in [0, 0.1) is 5.92 Å². The molecule has 1 heterocycles. The van der Waals surface area contributed by atoms with Gasteiger partial charge in [-0.15, -0.1) is 11.8 Å². The number of piperidine rings is 1. The van der Waals surface area contributed by atoms with E-state index in [1.54, 1.807) is 16.1 Å². The summed E-state index contributed by atoms with van der Waals surface area (Å²) in [5.41, 5.74) is 6.43. The van der Waals surface area contributed by atoms with Gasteiger partial charge in [0.05, 0.1) is 5.75 Å². The van der Waals surface area contributed by atoms with Crippen molar-refractivity contribution in [3.05, 3.63) is 24.3 Å². The molecule has 0 amide bonds. The lowest BCUT2D eigenvalue weighted by atomic mass is 9.96. The molecule has 1 fully saturated rings. The van der Waals surface area contributed by atoms with E-state index in [0.717, 1.165) is 24.2 Å². The van der Waals surface area contributed by atoms with Crippen LogP contribution in [0.2, 0.25) is 0 Å². The molecule has 0 bridgehead atoms. The van der Waals surface area contributed by atoms with Crippen molar-refractivity contribution in [1.82, 2.24) is 4.31 Å². The Hall–Kier alpha value is -0.720. The van der Waals surface area contributed by atoms with E-state index in [0.29, 0.717) is 30.4 Å². The maximum atomic E-state index is 12.3. The summed E-state index contributed by atoms with van der Waals surface area (Å²) < 4.78 is 26.3. The summed E-state index contributed by atoms with van der Waals surface area (Å²) in [6.07, 6.45) is 3.15. The second-order valence-electron chi connectivity index (χ2n) is 5.49. The number of benzene rings is 1. The van der Waals surface area contributed by atoms with Crippen LogP contribution in [0.4, 0.5) is 5.69 Å².